The van der Waals surface area contributed by atoms with Crippen LogP contribution in [0.2, 0.25) is 0 Å². The SMILES string of the molecule is CCCCCCCCCCC(CC1CCCO1)NCCC. The summed E-state index contributed by atoms with van der Waals surface area (Å²) in [4.78, 5) is 0. The van der Waals surface area contributed by atoms with Crippen molar-refractivity contribution < 1.29 is 4.74 Å². The van der Waals surface area contributed by atoms with Crippen LogP contribution in [0.5, 0.6) is 0 Å². The van der Waals surface area contributed by atoms with Crippen LogP contribution in [0.25, 0.3) is 0 Å². The van der Waals surface area contributed by atoms with E-state index in [2.05, 4.69) is 19.2 Å². The quantitative estimate of drug-likeness (QED) is 0.430. The molecule has 1 heterocycles. The Morgan fingerprint density at radius 3 is 2.29 bits per heavy atom. The van der Waals surface area contributed by atoms with Crippen LogP contribution in [0, 0.1) is 0 Å². The molecular weight excluding hydrogens is 258 g/mol. The van der Waals surface area contributed by atoms with E-state index in [0.717, 1.165) is 13.2 Å². The fourth-order valence-electron chi connectivity index (χ4n) is 3.32. The first kappa shape index (κ1) is 19.0. The van der Waals surface area contributed by atoms with Crippen molar-refractivity contribution in [2.45, 2.75) is 109 Å². The van der Waals surface area contributed by atoms with Gasteiger partial charge in [0.05, 0.1) is 6.10 Å². The van der Waals surface area contributed by atoms with Crippen molar-refractivity contribution in [3.05, 3.63) is 0 Å². The third-order valence-corrected chi connectivity index (χ3v) is 4.66. The first-order valence-electron chi connectivity index (χ1n) is 9.71. The molecule has 2 unspecified atom stereocenters. The fourth-order valence-corrected chi connectivity index (χ4v) is 3.32. The zero-order valence-electron chi connectivity index (χ0n) is 14.7. The molecule has 1 saturated heterocycles. The van der Waals surface area contributed by atoms with E-state index in [1.165, 1.54) is 83.5 Å². The Morgan fingerprint density at radius 2 is 1.67 bits per heavy atom. The summed E-state index contributed by atoms with van der Waals surface area (Å²) in [5.41, 5.74) is 0. The Labute approximate surface area is 133 Å². The Hall–Kier alpha value is -0.0800. The number of nitrogens with one attached hydrogen (secondary N) is 1. The van der Waals surface area contributed by atoms with Crippen LogP contribution in [-0.2, 0) is 4.74 Å². The topological polar surface area (TPSA) is 21.3 Å². The highest BCUT2D eigenvalue weighted by molar-refractivity contribution is 4.75. The van der Waals surface area contributed by atoms with Gasteiger partial charge in [0.2, 0.25) is 0 Å². The highest BCUT2D eigenvalue weighted by Crippen LogP contribution is 2.20. The first-order valence-corrected chi connectivity index (χ1v) is 9.71. The van der Waals surface area contributed by atoms with Crippen molar-refractivity contribution in [3.63, 3.8) is 0 Å². The molecule has 21 heavy (non-hydrogen) atoms. The van der Waals surface area contributed by atoms with Crippen LogP contribution in [0.3, 0.4) is 0 Å². The lowest BCUT2D eigenvalue weighted by Crippen LogP contribution is -2.33. The summed E-state index contributed by atoms with van der Waals surface area (Å²) in [5.74, 6) is 0. The summed E-state index contributed by atoms with van der Waals surface area (Å²) < 4.78 is 5.81. The lowest BCUT2D eigenvalue weighted by atomic mass is 9.99. The summed E-state index contributed by atoms with van der Waals surface area (Å²) in [6, 6.07) is 0.688. The van der Waals surface area contributed by atoms with Crippen molar-refractivity contribution in [2.24, 2.45) is 0 Å². The maximum absolute atomic E-state index is 5.81. The van der Waals surface area contributed by atoms with E-state index in [9.17, 15) is 0 Å². The second kappa shape index (κ2) is 13.6. The van der Waals surface area contributed by atoms with Gasteiger partial charge in [-0.05, 0) is 38.6 Å². The number of rotatable bonds is 14. The molecule has 0 aliphatic carbocycles. The van der Waals surface area contributed by atoms with Crippen LogP contribution in [0.15, 0.2) is 0 Å². The normalized spacial score (nSPS) is 20.0. The predicted octanol–water partition coefficient (Wildman–Crippen LogP) is 5.45. The van der Waals surface area contributed by atoms with Gasteiger partial charge in [-0.1, -0.05) is 65.2 Å². The lowest BCUT2D eigenvalue weighted by Gasteiger charge is -2.21. The molecule has 0 aromatic carbocycles. The summed E-state index contributed by atoms with van der Waals surface area (Å²) >= 11 is 0. The van der Waals surface area contributed by atoms with E-state index in [-0.39, 0.29) is 0 Å². The zero-order chi connectivity index (χ0) is 15.2. The van der Waals surface area contributed by atoms with Gasteiger partial charge < -0.3 is 10.1 Å². The summed E-state index contributed by atoms with van der Waals surface area (Å²) in [6.07, 6.45) is 18.2. The molecule has 0 aromatic rings. The van der Waals surface area contributed by atoms with E-state index in [4.69, 9.17) is 4.74 Å². The van der Waals surface area contributed by atoms with Gasteiger partial charge in [0.15, 0.2) is 0 Å². The lowest BCUT2D eigenvalue weighted by molar-refractivity contribution is 0.0933. The van der Waals surface area contributed by atoms with Crippen LogP contribution < -0.4 is 5.32 Å². The molecule has 126 valence electrons. The Balaban J connectivity index is 2.02. The summed E-state index contributed by atoms with van der Waals surface area (Å²) in [5, 5.41) is 3.74. The van der Waals surface area contributed by atoms with Gasteiger partial charge >= 0.3 is 0 Å². The minimum Gasteiger partial charge on any atom is -0.378 e. The Kier molecular flexibility index (Phi) is 12.3. The number of hydrogen-bond acceptors (Lipinski definition) is 2. The molecule has 1 fully saturated rings. The largest absolute Gasteiger partial charge is 0.378 e. The van der Waals surface area contributed by atoms with Crippen LogP contribution in [0.4, 0.5) is 0 Å². The van der Waals surface area contributed by atoms with Crippen molar-refractivity contribution in [1.29, 1.82) is 0 Å². The maximum Gasteiger partial charge on any atom is 0.0590 e. The van der Waals surface area contributed by atoms with Crippen LogP contribution >= 0.6 is 0 Å². The van der Waals surface area contributed by atoms with E-state index in [0.29, 0.717) is 12.1 Å². The molecule has 0 saturated carbocycles. The first-order chi connectivity index (χ1) is 10.4. The van der Waals surface area contributed by atoms with Gasteiger partial charge in [-0.3, -0.25) is 0 Å². The minimum absolute atomic E-state index is 0.536. The molecule has 2 heteroatoms. The predicted molar refractivity (Wildman–Crippen MR) is 92.9 cm³/mol. The van der Waals surface area contributed by atoms with Crippen LogP contribution in [-0.4, -0.2) is 25.3 Å². The third-order valence-electron chi connectivity index (χ3n) is 4.66. The highest BCUT2D eigenvalue weighted by Gasteiger charge is 2.20. The van der Waals surface area contributed by atoms with E-state index >= 15 is 0 Å². The van der Waals surface area contributed by atoms with E-state index in [1.54, 1.807) is 0 Å². The average Bonchev–Trinajstić information content (AvgIpc) is 3.00. The standard InChI is InChI=1S/C19H39NO/c1-3-5-6-7-8-9-10-11-13-18(20-15-4-2)17-19-14-12-16-21-19/h18-20H,3-17H2,1-2H3. The average molecular weight is 298 g/mol. The molecule has 0 aromatic heterocycles. The number of unbranched alkanes of at least 4 members (excludes halogenated alkanes) is 7. The zero-order valence-corrected chi connectivity index (χ0v) is 14.7. The monoisotopic (exact) mass is 297 g/mol. The van der Waals surface area contributed by atoms with Crippen LogP contribution in [0.1, 0.15) is 97.3 Å². The number of hydrogen-bond donors (Lipinski definition) is 1. The van der Waals surface area contributed by atoms with Crippen molar-refractivity contribution >= 4 is 0 Å². The summed E-state index contributed by atoms with van der Waals surface area (Å²) in [7, 11) is 0. The Bertz CT molecular complexity index is 214. The number of ether oxygens (including phenoxy) is 1. The molecule has 1 rings (SSSR count). The Morgan fingerprint density at radius 1 is 0.952 bits per heavy atom. The molecule has 2 nitrogen and oxygen atoms in total. The van der Waals surface area contributed by atoms with Gasteiger partial charge in [0.1, 0.15) is 0 Å². The van der Waals surface area contributed by atoms with Gasteiger partial charge in [0, 0.05) is 12.6 Å². The van der Waals surface area contributed by atoms with Crippen molar-refractivity contribution in [1.82, 2.24) is 5.32 Å². The second-order valence-electron chi connectivity index (χ2n) is 6.79. The smallest absolute Gasteiger partial charge is 0.0590 e. The minimum atomic E-state index is 0.536. The van der Waals surface area contributed by atoms with Gasteiger partial charge in [-0.25, -0.2) is 0 Å². The van der Waals surface area contributed by atoms with E-state index in [1.807, 2.05) is 0 Å². The summed E-state index contributed by atoms with van der Waals surface area (Å²) in [6.45, 7) is 6.70. The molecule has 0 amide bonds. The maximum atomic E-state index is 5.81. The fraction of sp³-hybridized carbons (Fsp3) is 1.00. The molecule has 1 aliphatic rings. The highest BCUT2D eigenvalue weighted by atomic mass is 16.5. The molecule has 1 N–H and O–H groups in total. The van der Waals surface area contributed by atoms with E-state index < -0.39 is 0 Å². The van der Waals surface area contributed by atoms with Crippen molar-refractivity contribution in [2.75, 3.05) is 13.2 Å². The molecule has 0 bridgehead atoms. The molecule has 0 radical (unpaired) electrons. The molecular formula is C19H39NO. The molecule has 1 aliphatic heterocycles. The van der Waals surface area contributed by atoms with Crippen molar-refractivity contribution in [3.8, 4) is 0 Å². The second-order valence-corrected chi connectivity index (χ2v) is 6.79. The third kappa shape index (κ3) is 10.3. The molecule has 2 atom stereocenters. The van der Waals surface area contributed by atoms with Gasteiger partial charge in [-0.2, -0.15) is 0 Å². The van der Waals surface area contributed by atoms with Gasteiger partial charge in [-0.15, -0.1) is 0 Å². The van der Waals surface area contributed by atoms with Gasteiger partial charge in [0.25, 0.3) is 0 Å². The molecule has 0 spiro atoms.